The molecule has 0 spiro atoms. The number of rotatable bonds is 7. The van der Waals surface area contributed by atoms with E-state index < -0.39 is 0 Å². The number of hydrogen-bond donors (Lipinski definition) is 1. The van der Waals surface area contributed by atoms with Crippen molar-refractivity contribution in [1.29, 1.82) is 0 Å². The molecule has 30 heavy (non-hydrogen) atoms. The van der Waals surface area contributed by atoms with Gasteiger partial charge in [-0.2, -0.15) is 0 Å². The molecule has 4 rings (SSSR count). The SMILES string of the molecule is CCc1nnc(NC(=O)C(CC)Sc2ncnc3scc(-c4ccc(C)cc4)c23)s1. The Bertz CT molecular complexity index is 1170. The number of fused-ring (bicyclic) bond motifs is 1. The van der Waals surface area contributed by atoms with Crippen LogP contribution in [0.25, 0.3) is 21.3 Å². The molecule has 0 saturated carbocycles. The summed E-state index contributed by atoms with van der Waals surface area (Å²) in [5.41, 5.74) is 3.45. The number of carbonyl (C=O) groups excluding carboxylic acids is 1. The number of thioether (sulfide) groups is 1. The first kappa shape index (κ1) is 20.9. The van der Waals surface area contributed by atoms with Crippen LogP contribution in [0, 0.1) is 6.92 Å². The molecule has 154 valence electrons. The first-order chi connectivity index (χ1) is 14.6. The fourth-order valence-electron chi connectivity index (χ4n) is 2.97. The van der Waals surface area contributed by atoms with E-state index in [2.05, 4.69) is 62.1 Å². The Kier molecular flexibility index (Phi) is 6.40. The van der Waals surface area contributed by atoms with Gasteiger partial charge in [0, 0.05) is 10.9 Å². The van der Waals surface area contributed by atoms with Crippen molar-refractivity contribution in [2.75, 3.05) is 5.32 Å². The average Bonchev–Trinajstić information content (AvgIpc) is 3.39. The van der Waals surface area contributed by atoms with Crippen LogP contribution in [0.5, 0.6) is 0 Å². The van der Waals surface area contributed by atoms with E-state index in [0.29, 0.717) is 11.6 Å². The Morgan fingerprint density at radius 2 is 1.97 bits per heavy atom. The number of nitrogens with zero attached hydrogens (tertiary/aromatic N) is 4. The summed E-state index contributed by atoms with van der Waals surface area (Å²) < 4.78 is 0. The van der Waals surface area contributed by atoms with Crippen molar-refractivity contribution in [2.24, 2.45) is 0 Å². The second kappa shape index (κ2) is 9.20. The molecule has 3 heterocycles. The van der Waals surface area contributed by atoms with Gasteiger partial charge in [-0.25, -0.2) is 9.97 Å². The van der Waals surface area contributed by atoms with E-state index in [1.54, 1.807) is 17.7 Å². The number of benzene rings is 1. The van der Waals surface area contributed by atoms with Crippen LogP contribution in [-0.2, 0) is 11.2 Å². The zero-order chi connectivity index (χ0) is 21.1. The molecule has 0 aliphatic heterocycles. The monoisotopic (exact) mass is 455 g/mol. The van der Waals surface area contributed by atoms with Gasteiger partial charge < -0.3 is 0 Å². The Morgan fingerprint density at radius 1 is 1.17 bits per heavy atom. The van der Waals surface area contributed by atoms with E-state index in [4.69, 9.17) is 0 Å². The number of thiophene rings is 1. The zero-order valence-corrected chi connectivity index (χ0v) is 19.3. The first-order valence-corrected chi connectivity index (χ1v) is 12.3. The van der Waals surface area contributed by atoms with Crippen LogP contribution >= 0.6 is 34.4 Å². The quantitative estimate of drug-likeness (QED) is 0.289. The number of nitrogens with one attached hydrogen (secondary N) is 1. The molecule has 6 nitrogen and oxygen atoms in total. The molecule has 0 bridgehead atoms. The fourth-order valence-corrected chi connectivity index (χ4v) is 5.67. The fraction of sp³-hybridized carbons (Fsp3) is 0.286. The van der Waals surface area contributed by atoms with Crippen molar-refractivity contribution in [3.05, 3.63) is 46.5 Å². The van der Waals surface area contributed by atoms with Gasteiger partial charge in [0.1, 0.15) is 21.2 Å². The summed E-state index contributed by atoms with van der Waals surface area (Å²) in [4.78, 5) is 22.8. The van der Waals surface area contributed by atoms with Crippen molar-refractivity contribution < 1.29 is 4.79 Å². The lowest BCUT2D eigenvalue weighted by Gasteiger charge is -2.14. The number of aryl methyl sites for hydroxylation is 2. The van der Waals surface area contributed by atoms with E-state index in [0.717, 1.165) is 37.8 Å². The van der Waals surface area contributed by atoms with Crippen LogP contribution in [0.2, 0.25) is 0 Å². The van der Waals surface area contributed by atoms with Gasteiger partial charge in [-0.3, -0.25) is 10.1 Å². The second-order valence-electron chi connectivity index (χ2n) is 6.73. The summed E-state index contributed by atoms with van der Waals surface area (Å²) in [5, 5.41) is 16.1. The van der Waals surface area contributed by atoms with Crippen molar-refractivity contribution in [1.82, 2.24) is 20.2 Å². The highest BCUT2D eigenvalue weighted by Crippen LogP contribution is 2.39. The third-order valence-electron chi connectivity index (χ3n) is 4.61. The molecule has 0 fully saturated rings. The standard InChI is InChI=1S/C21H21N5OS3/c1-4-15(18(27)24-21-26-25-16(5-2)30-21)29-20-17-14(10-28-19(17)22-11-23-20)13-8-6-12(3)7-9-13/h6-11,15H,4-5H2,1-3H3,(H,24,26,27). The molecular weight excluding hydrogens is 434 g/mol. The highest BCUT2D eigenvalue weighted by molar-refractivity contribution is 8.00. The van der Waals surface area contributed by atoms with Crippen LogP contribution in [0.4, 0.5) is 5.13 Å². The summed E-state index contributed by atoms with van der Waals surface area (Å²) >= 11 is 4.48. The van der Waals surface area contributed by atoms with Crippen LogP contribution in [0.15, 0.2) is 41.0 Å². The Balaban J connectivity index is 1.62. The molecular formula is C21H21N5OS3. The minimum Gasteiger partial charge on any atom is -0.300 e. The van der Waals surface area contributed by atoms with Gasteiger partial charge in [0.05, 0.1) is 10.6 Å². The number of carbonyl (C=O) groups is 1. The van der Waals surface area contributed by atoms with Crippen molar-refractivity contribution in [3.8, 4) is 11.1 Å². The Labute approximate surface area is 187 Å². The van der Waals surface area contributed by atoms with Crippen LogP contribution < -0.4 is 5.32 Å². The molecule has 3 aromatic heterocycles. The van der Waals surface area contributed by atoms with E-state index in [-0.39, 0.29) is 11.2 Å². The topological polar surface area (TPSA) is 80.7 Å². The number of anilines is 1. The van der Waals surface area contributed by atoms with Crippen molar-refractivity contribution in [2.45, 2.75) is 43.9 Å². The summed E-state index contributed by atoms with van der Waals surface area (Å²) in [5.74, 6) is -0.0832. The first-order valence-electron chi connectivity index (χ1n) is 9.68. The second-order valence-corrected chi connectivity index (χ2v) is 9.84. The lowest BCUT2D eigenvalue weighted by Crippen LogP contribution is -2.24. The molecule has 1 aromatic carbocycles. The van der Waals surface area contributed by atoms with E-state index >= 15 is 0 Å². The highest BCUT2D eigenvalue weighted by Gasteiger charge is 2.23. The molecule has 1 atom stereocenters. The molecule has 0 aliphatic rings. The molecule has 1 amide bonds. The van der Waals surface area contributed by atoms with E-state index in [1.807, 2.05) is 13.8 Å². The van der Waals surface area contributed by atoms with Crippen molar-refractivity contribution >= 4 is 55.7 Å². The van der Waals surface area contributed by atoms with Crippen LogP contribution in [0.3, 0.4) is 0 Å². The molecule has 0 aliphatic carbocycles. The van der Waals surface area contributed by atoms with Crippen LogP contribution in [-0.4, -0.2) is 31.3 Å². The van der Waals surface area contributed by atoms with Gasteiger partial charge in [-0.1, -0.05) is 66.8 Å². The predicted molar refractivity (Wildman–Crippen MR) is 125 cm³/mol. The van der Waals surface area contributed by atoms with Gasteiger partial charge in [-0.05, 0) is 25.3 Å². The summed E-state index contributed by atoms with van der Waals surface area (Å²) in [6.45, 7) is 6.09. The van der Waals surface area contributed by atoms with Gasteiger partial charge in [0.15, 0.2) is 0 Å². The minimum atomic E-state index is -0.289. The van der Waals surface area contributed by atoms with Gasteiger partial charge >= 0.3 is 0 Å². The Morgan fingerprint density at radius 3 is 2.67 bits per heavy atom. The maximum Gasteiger partial charge on any atom is 0.239 e. The summed E-state index contributed by atoms with van der Waals surface area (Å²) in [6.07, 6.45) is 3.05. The van der Waals surface area contributed by atoms with Crippen molar-refractivity contribution in [3.63, 3.8) is 0 Å². The number of aromatic nitrogens is 4. The third kappa shape index (κ3) is 4.38. The highest BCUT2D eigenvalue weighted by atomic mass is 32.2. The lowest BCUT2D eigenvalue weighted by atomic mass is 10.1. The third-order valence-corrected chi connectivity index (χ3v) is 7.85. The zero-order valence-electron chi connectivity index (χ0n) is 16.9. The number of amides is 1. The molecule has 1 N–H and O–H groups in total. The predicted octanol–water partition coefficient (Wildman–Crippen LogP) is 5.59. The molecule has 4 aromatic rings. The smallest absolute Gasteiger partial charge is 0.239 e. The van der Waals surface area contributed by atoms with E-state index in [1.165, 1.54) is 28.7 Å². The molecule has 0 radical (unpaired) electrons. The molecule has 1 unspecified atom stereocenters. The summed E-state index contributed by atoms with van der Waals surface area (Å²) in [6, 6.07) is 8.43. The Hall–Kier alpha value is -2.36. The van der Waals surface area contributed by atoms with Crippen LogP contribution in [0.1, 0.15) is 30.8 Å². The number of hydrogen-bond acceptors (Lipinski definition) is 8. The summed E-state index contributed by atoms with van der Waals surface area (Å²) in [7, 11) is 0. The van der Waals surface area contributed by atoms with Gasteiger partial charge in [-0.15, -0.1) is 21.5 Å². The minimum absolute atomic E-state index is 0.0832. The molecule has 9 heteroatoms. The van der Waals surface area contributed by atoms with Gasteiger partial charge in [0.2, 0.25) is 11.0 Å². The lowest BCUT2D eigenvalue weighted by molar-refractivity contribution is -0.115. The van der Waals surface area contributed by atoms with E-state index in [9.17, 15) is 4.79 Å². The normalized spacial score (nSPS) is 12.2. The van der Waals surface area contributed by atoms with Gasteiger partial charge in [0.25, 0.3) is 0 Å². The maximum absolute atomic E-state index is 12.9. The molecule has 0 saturated heterocycles. The average molecular weight is 456 g/mol. The maximum atomic E-state index is 12.9. The largest absolute Gasteiger partial charge is 0.300 e.